The number of hydrogen-bond donors (Lipinski definition) is 0. The fraction of sp³-hybridized carbons (Fsp3) is 0.250. The van der Waals surface area contributed by atoms with E-state index in [0.29, 0.717) is 12.0 Å². The van der Waals surface area contributed by atoms with Crippen molar-refractivity contribution < 1.29 is 23.1 Å². The van der Waals surface area contributed by atoms with E-state index < -0.39 is 0 Å². The number of methoxy groups -OCH3 is 2. The average Bonchev–Trinajstić information content (AvgIpc) is 3.10. The second-order valence-electron chi connectivity index (χ2n) is 2.74. The van der Waals surface area contributed by atoms with Crippen molar-refractivity contribution in [1.82, 2.24) is 0 Å². The lowest BCUT2D eigenvalue weighted by atomic mass is 10.4. The summed E-state index contributed by atoms with van der Waals surface area (Å²) >= 11 is 9.53. The zero-order valence-corrected chi connectivity index (χ0v) is 12.0. The van der Waals surface area contributed by atoms with Gasteiger partial charge in [0.15, 0.2) is 17.8 Å². The summed E-state index contributed by atoms with van der Waals surface area (Å²) in [5.74, 6) is 1.47. The van der Waals surface area contributed by atoms with Crippen LogP contribution in [0, 0.1) is 0 Å². The van der Waals surface area contributed by atoms with Crippen molar-refractivity contribution in [3.8, 4) is 11.5 Å². The number of alkyl halides is 2. The number of carbonyl (C=O) groups excluding carboxylic acids is 1. The molecule has 0 N–H and O–H groups in total. The van der Waals surface area contributed by atoms with Gasteiger partial charge in [0, 0.05) is 12.1 Å². The van der Waals surface area contributed by atoms with Gasteiger partial charge < -0.3 is 18.3 Å². The summed E-state index contributed by atoms with van der Waals surface area (Å²) in [6, 6.07) is 3.34. The van der Waals surface area contributed by atoms with Gasteiger partial charge in [0.05, 0.1) is 32.1 Å². The van der Waals surface area contributed by atoms with Crippen LogP contribution in [0.2, 0.25) is 0 Å². The first-order valence-corrected chi connectivity index (χ1v) is 6.05. The Kier molecular flexibility index (Phi) is 10.5. The number of ether oxygens (including phenoxy) is 2. The highest BCUT2D eigenvalue weighted by atomic mass is 35.5. The number of halogens is 2. The smallest absolute Gasteiger partial charge is 0.208 e. The number of hydrogen-bond acceptors (Lipinski definition) is 5. The maximum absolute atomic E-state index is 10.1. The summed E-state index contributed by atoms with van der Waals surface area (Å²) in [5.41, 5.74) is 0. The minimum atomic E-state index is 0.194. The molecule has 0 radical (unpaired) electrons. The third kappa shape index (κ3) is 7.43. The molecule has 0 spiro atoms. The number of aldehydes is 1. The van der Waals surface area contributed by atoms with Crippen LogP contribution in [-0.4, -0.2) is 25.8 Å². The van der Waals surface area contributed by atoms with Crippen molar-refractivity contribution in [3.05, 3.63) is 36.7 Å². The molecule has 7 heteroatoms. The molecule has 19 heavy (non-hydrogen) atoms. The van der Waals surface area contributed by atoms with Crippen LogP contribution in [0.15, 0.2) is 39.8 Å². The molecule has 0 aliphatic heterocycles. The van der Waals surface area contributed by atoms with Crippen molar-refractivity contribution in [1.29, 1.82) is 0 Å². The van der Waals surface area contributed by atoms with Gasteiger partial charge in [0.25, 0.3) is 0 Å². The standard InChI is InChI=1S/C6H6O3.C5H6O2.CH2Cl2/c1-8-5-2-3-9-6(5)4-7;1-6-5-2-3-7-4-5;2-1-3/h2-4H,1H3;2-4H,1H3;1H2. The van der Waals surface area contributed by atoms with Crippen LogP contribution >= 0.6 is 23.2 Å². The fourth-order valence-electron chi connectivity index (χ4n) is 0.932. The van der Waals surface area contributed by atoms with Gasteiger partial charge in [-0.1, -0.05) is 0 Å². The lowest BCUT2D eigenvalue weighted by Gasteiger charge is -1.90. The Bertz CT molecular complexity index is 425. The summed E-state index contributed by atoms with van der Waals surface area (Å²) in [6.45, 7) is 0. The molecule has 0 atom stereocenters. The lowest BCUT2D eigenvalue weighted by Crippen LogP contribution is -1.83. The summed E-state index contributed by atoms with van der Waals surface area (Å²) in [4.78, 5) is 10.1. The van der Waals surface area contributed by atoms with Gasteiger partial charge >= 0.3 is 0 Å². The third-order valence-electron chi connectivity index (χ3n) is 1.71. The zero-order valence-electron chi connectivity index (χ0n) is 10.5. The van der Waals surface area contributed by atoms with Gasteiger partial charge in [-0.2, -0.15) is 0 Å². The molecule has 106 valence electrons. The molecule has 2 rings (SSSR count). The molecule has 5 nitrogen and oxygen atoms in total. The molecule has 0 aliphatic rings. The van der Waals surface area contributed by atoms with E-state index in [1.165, 1.54) is 13.4 Å². The molecule has 0 fully saturated rings. The van der Waals surface area contributed by atoms with Crippen LogP contribution in [0.1, 0.15) is 10.6 Å². The Morgan fingerprint density at radius 3 is 2.21 bits per heavy atom. The van der Waals surface area contributed by atoms with Gasteiger partial charge in [-0.25, -0.2) is 0 Å². The molecule has 0 bridgehead atoms. The van der Waals surface area contributed by atoms with E-state index in [2.05, 4.69) is 4.42 Å². The van der Waals surface area contributed by atoms with Gasteiger partial charge in [0.2, 0.25) is 5.76 Å². The van der Waals surface area contributed by atoms with Crippen molar-refractivity contribution in [3.63, 3.8) is 0 Å². The van der Waals surface area contributed by atoms with E-state index in [0.717, 1.165) is 5.75 Å². The number of carbonyl (C=O) groups is 1. The molecule has 2 heterocycles. The van der Waals surface area contributed by atoms with Crippen molar-refractivity contribution in [2.75, 3.05) is 19.6 Å². The van der Waals surface area contributed by atoms with E-state index >= 15 is 0 Å². The SMILES string of the molecule is COc1ccoc1.COc1ccoc1C=O.ClCCl. The van der Waals surface area contributed by atoms with E-state index in [9.17, 15) is 4.79 Å². The highest BCUT2D eigenvalue weighted by molar-refractivity contribution is 6.40. The minimum Gasteiger partial charge on any atom is -0.493 e. The minimum absolute atomic E-state index is 0.194. The Balaban J connectivity index is 0.000000289. The lowest BCUT2D eigenvalue weighted by molar-refractivity contribution is 0.109. The molecule has 0 amide bonds. The first-order chi connectivity index (χ1) is 9.23. The molecule has 2 aromatic rings. The highest BCUT2D eigenvalue weighted by Crippen LogP contribution is 2.15. The normalized spacial score (nSPS) is 8.42. The zero-order chi connectivity index (χ0) is 14.5. The summed E-state index contributed by atoms with van der Waals surface area (Å²) in [6.07, 6.45) is 5.13. The van der Waals surface area contributed by atoms with Crippen LogP contribution in [0.4, 0.5) is 0 Å². The molecular weight excluding hydrogens is 295 g/mol. The van der Waals surface area contributed by atoms with E-state index in [4.69, 9.17) is 37.1 Å². The molecule has 0 saturated carbocycles. The van der Waals surface area contributed by atoms with E-state index in [1.54, 1.807) is 31.8 Å². The first-order valence-electron chi connectivity index (χ1n) is 4.98. The number of rotatable bonds is 3. The third-order valence-corrected chi connectivity index (χ3v) is 1.71. The molecule has 0 unspecified atom stereocenters. The Labute approximate surface area is 121 Å². The number of furan rings is 2. The second kappa shape index (κ2) is 11.5. The van der Waals surface area contributed by atoms with Crippen molar-refractivity contribution in [2.24, 2.45) is 0 Å². The average molecular weight is 309 g/mol. The van der Waals surface area contributed by atoms with Gasteiger partial charge in [0.1, 0.15) is 6.26 Å². The van der Waals surface area contributed by atoms with Crippen LogP contribution in [-0.2, 0) is 0 Å². The molecular formula is C12H14Cl2O5. The monoisotopic (exact) mass is 308 g/mol. The summed E-state index contributed by atoms with van der Waals surface area (Å²) in [7, 11) is 3.09. The largest absolute Gasteiger partial charge is 0.493 e. The van der Waals surface area contributed by atoms with Gasteiger partial charge in [-0.05, 0) is 0 Å². The molecule has 0 aromatic carbocycles. The van der Waals surface area contributed by atoms with Gasteiger partial charge in [-0.3, -0.25) is 4.79 Å². The maximum atomic E-state index is 10.1. The first kappa shape index (κ1) is 17.4. The highest BCUT2D eigenvalue weighted by Gasteiger charge is 2.01. The summed E-state index contributed by atoms with van der Waals surface area (Å²) < 4.78 is 18.9. The van der Waals surface area contributed by atoms with Crippen molar-refractivity contribution in [2.45, 2.75) is 0 Å². The van der Waals surface area contributed by atoms with E-state index in [1.807, 2.05) is 0 Å². The second-order valence-corrected chi connectivity index (χ2v) is 3.54. The van der Waals surface area contributed by atoms with Crippen LogP contribution < -0.4 is 9.47 Å². The molecule has 2 aromatic heterocycles. The van der Waals surface area contributed by atoms with Gasteiger partial charge in [-0.15, -0.1) is 23.2 Å². The Morgan fingerprint density at radius 1 is 1.21 bits per heavy atom. The van der Waals surface area contributed by atoms with E-state index in [-0.39, 0.29) is 11.1 Å². The summed E-state index contributed by atoms with van der Waals surface area (Å²) in [5, 5.41) is 0.194. The van der Waals surface area contributed by atoms with Crippen LogP contribution in [0.5, 0.6) is 11.5 Å². The molecule has 0 saturated heterocycles. The van der Waals surface area contributed by atoms with Crippen molar-refractivity contribution >= 4 is 29.5 Å². The predicted molar refractivity (Wildman–Crippen MR) is 72.5 cm³/mol. The quantitative estimate of drug-likeness (QED) is 0.637. The Morgan fingerprint density at radius 2 is 1.89 bits per heavy atom. The maximum Gasteiger partial charge on any atom is 0.208 e. The fourth-order valence-corrected chi connectivity index (χ4v) is 0.932. The topological polar surface area (TPSA) is 61.8 Å². The molecule has 0 aliphatic carbocycles. The van der Waals surface area contributed by atoms with Crippen LogP contribution in [0.25, 0.3) is 0 Å². The Hall–Kier alpha value is -1.59. The predicted octanol–water partition coefficient (Wildman–Crippen LogP) is 3.81. The van der Waals surface area contributed by atoms with Crippen LogP contribution in [0.3, 0.4) is 0 Å².